The molecule has 2 heterocycles. The van der Waals surface area contributed by atoms with Crippen molar-refractivity contribution in [1.82, 2.24) is 14.8 Å². The van der Waals surface area contributed by atoms with Crippen LogP contribution in [-0.2, 0) is 0 Å². The topological polar surface area (TPSA) is 99.9 Å². The van der Waals surface area contributed by atoms with Gasteiger partial charge in [-0.05, 0) is 31.5 Å². The zero-order chi connectivity index (χ0) is 13.3. The van der Waals surface area contributed by atoms with E-state index in [-0.39, 0.29) is 17.5 Å². The fraction of sp³-hybridized carbons (Fsp3) is 0.273. The van der Waals surface area contributed by atoms with Crippen molar-refractivity contribution in [3.8, 4) is 0 Å². The highest BCUT2D eigenvalue weighted by Crippen LogP contribution is 2.29. The van der Waals surface area contributed by atoms with Gasteiger partial charge in [-0.2, -0.15) is 5.10 Å². The second kappa shape index (κ2) is 4.44. The summed E-state index contributed by atoms with van der Waals surface area (Å²) < 4.78 is 1.46. The minimum absolute atomic E-state index is 0.0711. The number of rotatable bonds is 3. The first-order chi connectivity index (χ1) is 8.52. The van der Waals surface area contributed by atoms with Crippen LogP contribution in [0.2, 0.25) is 0 Å². The average molecular weight is 247 g/mol. The SMILES string of the molecule is Cc1nn(C(C)c2ccncc2)c(N)c1[N+](=O)[O-]. The number of anilines is 1. The van der Waals surface area contributed by atoms with E-state index in [2.05, 4.69) is 10.1 Å². The highest BCUT2D eigenvalue weighted by molar-refractivity contribution is 5.56. The number of nitro groups is 1. The Morgan fingerprint density at radius 1 is 1.44 bits per heavy atom. The lowest BCUT2D eigenvalue weighted by Gasteiger charge is -2.13. The lowest BCUT2D eigenvalue weighted by molar-refractivity contribution is -0.384. The summed E-state index contributed by atoms with van der Waals surface area (Å²) in [5, 5.41) is 15.0. The van der Waals surface area contributed by atoms with Gasteiger partial charge in [-0.3, -0.25) is 15.1 Å². The predicted octanol–water partition coefficient (Wildman–Crippen LogP) is 1.69. The number of pyridine rings is 1. The van der Waals surface area contributed by atoms with Crippen LogP contribution in [0.15, 0.2) is 24.5 Å². The Labute approximate surface area is 103 Å². The molecule has 0 aliphatic rings. The molecule has 2 aromatic rings. The van der Waals surface area contributed by atoms with Crippen molar-refractivity contribution in [2.75, 3.05) is 5.73 Å². The molecule has 0 saturated carbocycles. The summed E-state index contributed by atoms with van der Waals surface area (Å²) in [7, 11) is 0. The van der Waals surface area contributed by atoms with Crippen LogP contribution in [0.3, 0.4) is 0 Å². The molecule has 0 bridgehead atoms. The third-order valence-corrected chi connectivity index (χ3v) is 2.83. The largest absolute Gasteiger partial charge is 0.378 e. The number of nitrogens with two attached hydrogens (primary N) is 1. The molecule has 0 saturated heterocycles. The molecular formula is C11H13N5O2. The van der Waals surface area contributed by atoms with Crippen LogP contribution in [-0.4, -0.2) is 19.7 Å². The standard InChI is InChI=1S/C11H13N5O2/c1-7-10(16(17)18)11(12)15(14-7)8(2)9-3-5-13-6-4-9/h3-6,8H,12H2,1-2H3. The summed E-state index contributed by atoms with van der Waals surface area (Å²) in [6.45, 7) is 3.45. The van der Waals surface area contributed by atoms with Gasteiger partial charge in [0.25, 0.3) is 0 Å². The molecule has 0 fully saturated rings. The van der Waals surface area contributed by atoms with Gasteiger partial charge in [0.1, 0.15) is 5.69 Å². The first-order valence-corrected chi connectivity index (χ1v) is 5.41. The summed E-state index contributed by atoms with van der Waals surface area (Å²) in [6.07, 6.45) is 3.32. The van der Waals surface area contributed by atoms with Gasteiger partial charge in [0.15, 0.2) is 0 Å². The van der Waals surface area contributed by atoms with Crippen molar-refractivity contribution in [3.05, 3.63) is 45.9 Å². The van der Waals surface area contributed by atoms with Gasteiger partial charge in [0.2, 0.25) is 5.82 Å². The smallest absolute Gasteiger partial charge is 0.333 e. The van der Waals surface area contributed by atoms with Crippen LogP contribution in [0.1, 0.15) is 24.2 Å². The lowest BCUT2D eigenvalue weighted by Crippen LogP contribution is -2.12. The molecule has 0 radical (unpaired) electrons. The quantitative estimate of drug-likeness (QED) is 0.657. The summed E-state index contributed by atoms with van der Waals surface area (Å²) in [5.41, 5.74) is 6.91. The van der Waals surface area contributed by atoms with Crippen LogP contribution in [0.25, 0.3) is 0 Å². The van der Waals surface area contributed by atoms with Crippen molar-refractivity contribution in [2.24, 2.45) is 0 Å². The Bertz CT molecular complexity index is 579. The summed E-state index contributed by atoms with van der Waals surface area (Å²) in [6, 6.07) is 3.47. The monoisotopic (exact) mass is 247 g/mol. The van der Waals surface area contributed by atoms with E-state index in [0.717, 1.165) is 5.56 Å². The zero-order valence-electron chi connectivity index (χ0n) is 10.1. The molecule has 2 aromatic heterocycles. The van der Waals surface area contributed by atoms with Gasteiger partial charge >= 0.3 is 5.69 Å². The van der Waals surface area contributed by atoms with Crippen molar-refractivity contribution in [1.29, 1.82) is 0 Å². The summed E-state index contributed by atoms with van der Waals surface area (Å²) >= 11 is 0. The van der Waals surface area contributed by atoms with E-state index in [1.165, 1.54) is 4.68 Å². The Hall–Kier alpha value is -2.44. The number of hydrogen-bond acceptors (Lipinski definition) is 5. The summed E-state index contributed by atoms with van der Waals surface area (Å²) in [4.78, 5) is 14.3. The van der Waals surface area contributed by atoms with E-state index in [4.69, 9.17) is 5.73 Å². The van der Waals surface area contributed by atoms with E-state index in [9.17, 15) is 10.1 Å². The molecule has 2 rings (SSSR count). The van der Waals surface area contributed by atoms with Crippen LogP contribution in [0.4, 0.5) is 11.5 Å². The maximum absolute atomic E-state index is 10.9. The zero-order valence-corrected chi connectivity index (χ0v) is 10.1. The number of hydrogen-bond donors (Lipinski definition) is 1. The van der Waals surface area contributed by atoms with E-state index in [0.29, 0.717) is 5.69 Å². The average Bonchev–Trinajstić information content (AvgIpc) is 2.65. The minimum atomic E-state index is -0.507. The second-order valence-electron chi connectivity index (χ2n) is 3.98. The predicted molar refractivity (Wildman–Crippen MR) is 66.1 cm³/mol. The highest BCUT2D eigenvalue weighted by atomic mass is 16.6. The van der Waals surface area contributed by atoms with Crippen molar-refractivity contribution >= 4 is 11.5 Å². The van der Waals surface area contributed by atoms with Crippen LogP contribution in [0.5, 0.6) is 0 Å². The fourth-order valence-electron chi connectivity index (χ4n) is 1.86. The third-order valence-electron chi connectivity index (χ3n) is 2.83. The van der Waals surface area contributed by atoms with E-state index in [1.807, 2.05) is 19.1 Å². The van der Waals surface area contributed by atoms with Crippen LogP contribution >= 0.6 is 0 Å². The molecule has 0 aromatic carbocycles. The molecule has 94 valence electrons. The van der Waals surface area contributed by atoms with Gasteiger partial charge in [-0.25, -0.2) is 4.68 Å². The number of nitrogen functional groups attached to an aromatic ring is 1. The Morgan fingerprint density at radius 3 is 2.56 bits per heavy atom. The maximum Gasteiger partial charge on any atom is 0.333 e. The second-order valence-corrected chi connectivity index (χ2v) is 3.98. The van der Waals surface area contributed by atoms with Crippen molar-refractivity contribution in [3.63, 3.8) is 0 Å². The molecule has 0 aliphatic heterocycles. The molecule has 0 spiro atoms. The molecule has 7 heteroatoms. The first-order valence-electron chi connectivity index (χ1n) is 5.41. The molecular weight excluding hydrogens is 234 g/mol. The van der Waals surface area contributed by atoms with Crippen molar-refractivity contribution in [2.45, 2.75) is 19.9 Å². The molecule has 1 unspecified atom stereocenters. The molecule has 7 nitrogen and oxygen atoms in total. The lowest BCUT2D eigenvalue weighted by atomic mass is 10.1. The third kappa shape index (κ3) is 1.90. The highest BCUT2D eigenvalue weighted by Gasteiger charge is 2.25. The van der Waals surface area contributed by atoms with Gasteiger partial charge in [-0.1, -0.05) is 0 Å². The maximum atomic E-state index is 10.9. The first kappa shape index (κ1) is 12.0. The molecule has 0 amide bonds. The Kier molecular flexibility index (Phi) is 2.97. The normalized spacial score (nSPS) is 12.3. The molecule has 1 atom stereocenters. The van der Waals surface area contributed by atoms with Crippen LogP contribution < -0.4 is 5.73 Å². The Balaban J connectivity index is 2.47. The number of aryl methyl sites for hydroxylation is 1. The molecule has 2 N–H and O–H groups in total. The van der Waals surface area contributed by atoms with Gasteiger partial charge in [-0.15, -0.1) is 0 Å². The number of aromatic nitrogens is 3. The van der Waals surface area contributed by atoms with E-state index >= 15 is 0 Å². The Morgan fingerprint density at radius 2 is 2.06 bits per heavy atom. The van der Waals surface area contributed by atoms with Crippen molar-refractivity contribution < 1.29 is 4.92 Å². The van der Waals surface area contributed by atoms with E-state index in [1.54, 1.807) is 19.3 Å². The molecule has 18 heavy (non-hydrogen) atoms. The molecule has 0 aliphatic carbocycles. The summed E-state index contributed by atoms with van der Waals surface area (Å²) in [5.74, 6) is 0.0711. The van der Waals surface area contributed by atoms with Gasteiger partial charge in [0.05, 0.1) is 11.0 Å². The van der Waals surface area contributed by atoms with E-state index < -0.39 is 4.92 Å². The van der Waals surface area contributed by atoms with Gasteiger partial charge < -0.3 is 5.73 Å². The van der Waals surface area contributed by atoms with Crippen LogP contribution in [0, 0.1) is 17.0 Å². The number of nitrogens with zero attached hydrogens (tertiary/aromatic N) is 4. The van der Waals surface area contributed by atoms with Gasteiger partial charge in [0, 0.05) is 12.4 Å². The fourth-order valence-corrected chi connectivity index (χ4v) is 1.86. The minimum Gasteiger partial charge on any atom is -0.378 e.